The van der Waals surface area contributed by atoms with Crippen molar-refractivity contribution in [1.82, 2.24) is 4.98 Å². The molecule has 0 aliphatic rings. The molecule has 0 unspecified atom stereocenters. The molecule has 110 valence electrons. The Hall–Kier alpha value is -1.86. The van der Waals surface area contributed by atoms with Gasteiger partial charge in [0.05, 0.1) is 10.7 Å². The molecule has 1 aromatic carbocycles. The lowest BCUT2D eigenvalue weighted by molar-refractivity contribution is 0.102. The number of carbonyl (C=O) groups excluding carboxylic acids is 1. The number of nitrogen functional groups attached to an aromatic ring is 1. The lowest BCUT2D eigenvalue weighted by Crippen LogP contribution is -2.15. The first-order valence-corrected chi connectivity index (χ1v) is 7.00. The van der Waals surface area contributed by atoms with Gasteiger partial charge in [-0.05, 0) is 24.3 Å². The van der Waals surface area contributed by atoms with Gasteiger partial charge < -0.3 is 11.1 Å². The zero-order valence-electron chi connectivity index (χ0n) is 10.5. The molecule has 8 heteroatoms. The van der Waals surface area contributed by atoms with Gasteiger partial charge in [0.25, 0.3) is 11.7 Å². The van der Waals surface area contributed by atoms with Gasteiger partial charge in [-0.25, -0.2) is 4.98 Å². The number of nitrogens with two attached hydrogens (primary N) is 1. The molecule has 21 heavy (non-hydrogen) atoms. The SMILES string of the molecule is Nc1ccc(Cl)c(C(=O)Nc2ccccc2SC(F)F)n1. The Balaban J connectivity index is 2.25. The minimum Gasteiger partial charge on any atom is -0.384 e. The summed E-state index contributed by atoms with van der Waals surface area (Å²) in [5, 5.41) is 2.63. The summed E-state index contributed by atoms with van der Waals surface area (Å²) in [6.45, 7) is 0. The fourth-order valence-electron chi connectivity index (χ4n) is 1.57. The van der Waals surface area contributed by atoms with Crippen molar-refractivity contribution < 1.29 is 13.6 Å². The number of hydrogen-bond acceptors (Lipinski definition) is 4. The van der Waals surface area contributed by atoms with E-state index in [1.54, 1.807) is 12.1 Å². The molecule has 0 atom stereocenters. The maximum atomic E-state index is 12.5. The van der Waals surface area contributed by atoms with Crippen LogP contribution >= 0.6 is 23.4 Å². The molecule has 0 aliphatic heterocycles. The second-order valence-corrected chi connectivity index (χ2v) is 5.33. The van der Waals surface area contributed by atoms with Crippen molar-refractivity contribution in [2.75, 3.05) is 11.1 Å². The molecule has 1 heterocycles. The highest BCUT2D eigenvalue weighted by atomic mass is 35.5. The minimum absolute atomic E-state index is 0.0616. The lowest BCUT2D eigenvalue weighted by Gasteiger charge is -2.10. The number of rotatable bonds is 4. The van der Waals surface area contributed by atoms with Crippen molar-refractivity contribution in [3.63, 3.8) is 0 Å². The standard InChI is InChI=1S/C13H10ClF2N3OS/c14-7-5-6-10(17)19-11(7)12(20)18-8-3-1-2-4-9(8)21-13(15)16/h1-6,13H,(H2,17,19)(H,18,20). The van der Waals surface area contributed by atoms with E-state index in [4.69, 9.17) is 17.3 Å². The van der Waals surface area contributed by atoms with Gasteiger partial charge >= 0.3 is 0 Å². The molecule has 0 bridgehead atoms. The normalized spacial score (nSPS) is 10.7. The van der Waals surface area contributed by atoms with Crippen LogP contribution in [0.2, 0.25) is 5.02 Å². The van der Waals surface area contributed by atoms with Gasteiger partial charge in [0.2, 0.25) is 0 Å². The number of halogens is 3. The van der Waals surface area contributed by atoms with E-state index < -0.39 is 11.7 Å². The van der Waals surface area contributed by atoms with Crippen LogP contribution in [0.5, 0.6) is 0 Å². The third kappa shape index (κ3) is 4.05. The number of hydrogen-bond donors (Lipinski definition) is 2. The molecule has 4 nitrogen and oxygen atoms in total. The number of aromatic nitrogens is 1. The zero-order chi connectivity index (χ0) is 15.4. The third-order valence-corrected chi connectivity index (χ3v) is 3.53. The predicted octanol–water partition coefficient (Wildman–Crippen LogP) is 3.88. The largest absolute Gasteiger partial charge is 0.384 e. The van der Waals surface area contributed by atoms with Gasteiger partial charge in [-0.2, -0.15) is 8.78 Å². The maximum Gasteiger partial charge on any atom is 0.288 e. The molecule has 0 aliphatic carbocycles. The number of para-hydroxylation sites is 1. The summed E-state index contributed by atoms with van der Waals surface area (Å²) < 4.78 is 25.0. The van der Waals surface area contributed by atoms with Gasteiger partial charge in [-0.3, -0.25) is 4.79 Å². The van der Waals surface area contributed by atoms with E-state index in [9.17, 15) is 13.6 Å². The topological polar surface area (TPSA) is 68.0 Å². The Bertz CT molecular complexity index is 670. The minimum atomic E-state index is -2.59. The number of benzene rings is 1. The molecule has 2 aromatic rings. The van der Waals surface area contributed by atoms with E-state index >= 15 is 0 Å². The molecular weight excluding hydrogens is 320 g/mol. The van der Waals surface area contributed by atoms with Crippen LogP contribution in [0.15, 0.2) is 41.3 Å². The number of amides is 1. The Morgan fingerprint density at radius 1 is 1.29 bits per heavy atom. The molecule has 0 saturated carbocycles. The summed E-state index contributed by atoms with van der Waals surface area (Å²) >= 11 is 6.22. The van der Waals surface area contributed by atoms with Crippen LogP contribution < -0.4 is 11.1 Å². The van der Waals surface area contributed by atoms with Crippen molar-refractivity contribution in [2.24, 2.45) is 0 Å². The summed E-state index contributed by atoms with van der Waals surface area (Å²) in [5.74, 6) is -3.06. The first-order chi connectivity index (χ1) is 9.97. The average molecular weight is 330 g/mol. The Morgan fingerprint density at radius 3 is 2.71 bits per heavy atom. The Labute approximate surface area is 128 Å². The van der Waals surface area contributed by atoms with E-state index in [1.165, 1.54) is 24.3 Å². The van der Waals surface area contributed by atoms with E-state index in [0.29, 0.717) is 11.8 Å². The van der Waals surface area contributed by atoms with Gasteiger partial charge in [0.1, 0.15) is 11.5 Å². The summed E-state index contributed by atoms with van der Waals surface area (Å²) in [6.07, 6.45) is 0. The number of pyridine rings is 1. The fraction of sp³-hybridized carbons (Fsp3) is 0.0769. The number of nitrogens with zero attached hydrogens (tertiary/aromatic N) is 1. The first-order valence-electron chi connectivity index (χ1n) is 5.74. The Morgan fingerprint density at radius 2 is 2.00 bits per heavy atom. The molecule has 3 N–H and O–H groups in total. The van der Waals surface area contributed by atoms with Crippen molar-refractivity contribution in [2.45, 2.75) is 10.7 Å². The predicted molar refractivity (Wildman–Crippen MR) is 79.9 cm³/mol. The molecule has 0 spiro atoms. The number of nitrogens with one attached hydrogen (secondary N) is 1. The van der Waals surface area contributed by atoms with Gasteiger partial charge in [0.15, 0.2) is 0 Å². The van der Waals surface area contributed by atoms with E-state index in [1.807, 2.05) is 0 Å². The number of anilines is 2. The summed E-state index contributed by atoms with van der Waals surface area (Å²) in [7, 11) is 0. The summed E-state index contributed by atoms with van der Waals surface area (Å²) in [5.41, 5.74) is 5.70. The highest BCUT2D eigenvalue weighted by molar-refractivity contribution is 7.99. The molecule has 0 radical (unpaired) electrons. The van der Waals surface area contributed by atoms with Crippen LogP contribution in [0.25, 0.3) is 0 Å². The molecule has 0 fully saturated rings. The van der Waals surface area contributed by atoms with Crippen LogP contribution in [0.1, 0.15) is 10.5 Å². The zero-order valence-corrected chi connectivity index (χ0v) is 12.1. The lowest BCUT2D eigenvalue weighted by atomic mass is 10.3. The van der Waals surface area contributed by atoms with Gasteiger partial charge in [0, 0.05) is 4.90 Å². The molecular formula is C13H10ClF2N3OS. The molecule has 1 aromatic heterocycles. The second-order valence-electron chi connectivity index (χ2n) is 3.90. The van der Waals surface area contributed by atoms with Gasteiger partial charge in [-0.15, -0.1) is 0 Å². The highest BCUT2D eigenvalue weighted by Gasteiger charge is 2.16. The third-order valence-electron chi connectivity index (χ3n) is 2.43. The smallest absolute Gasteiger partial charge is 0.288 e. The van der Waals surface area contributed by atoms with Crippen molar-refractivity contribution in [3.05, 3.63) is 47.1 Å². The quantitative estimate of drug-likeness (QED) is 0.835. The van der Waals surface area contributed by atoms with E-state index in [0.717, 1.165) is 0 Å². The van der Waals surface area contributed by atoms with Crippen LogP contribution in [0.3, 0.4) is 0 Å². The van der Waals surface area contributed by atoms with Crippen molar-refractivity contribution >= 4 is 40.8 Å². The molecule has 0 saturated heterocycles. The van der Waals surface area contributed by atoms with Crippen molar-refractivity contribution in [1.29, 1.82) is 0 Å². The molecule has 2 rings (SSSR count). The van der Waals surface area contributed by atoms with Crippen molar-refractivity contribution in [3.8, 4) is 0 Å². The van der Waals surface area contributed by atoms with Crippen LogP contribution in [0, 0.1) is 0 Å². The highest BCUT2D eigenvalue weighted by Crippen LogP contribution is 2.32. The van der Waals surface area contributed by atoms with Crippen LogP contribution in [0.4, 0.5) is 20.3 Å². The van der Waals surface area contributed by atoms with E-state index in [2.05, 4.69) is 10.3 Å². The summed E-state index contributed by atoms with van der Waals surface area (Å²) in [4.78, 5) is 16.2. The monoisotopic (exact) mass is 329 g/mol. The fourth-order valence-corrected chi connectivity index (χ4v) is 2.35. The summed E-state index contributed by atoms with van der Waals surface area (Å²) in [6, 6.07) is 9.13. The van der Waals surface area contributed by atoms with Crippen LogP contribution in [-0.2, 0) is 0 Å². The second kappa shape index (κ2) is 6.73. The number of alkyl halides is 2. The average Bonchev–Trinajstić information content (AvgIpc) is 2.43. The first kappa shape index (κ1) is 15.5. The molecule has 1 amide bonds. The van der Waals surface area contributed by atoms with E-state index in [-0.39, 0.29) is 27.1 Å². The Kier molecular flexibility index (Phi) is 4.98. The van der Waals surface area contributed by atoms with Gasteiger partial charge in [-0.1, -0.05) is 35.5 Å². The van der Waals surface area contributed by atoms with Crippen LogP contribution in [-0.4, -0.2) is 16.6 Å². The number of carbonyl (C=O) groups is 1. The number of thioether (sulfide) groups is 1. The maximum absolute atomic E-state index is 12.5.